The highest BCUT2D eigenvalue weighted by atomic mass is 32.2. The molecule has 5 nitrogen and oxygen atoms in total. The molecular weight excluding hydrogens is 222 g/mol. The molecule has 0 bridgehead atoms. The summed E-state index contributed by atoms with van der Waals surface area (Å²) in [4.78, 5) is 21.9. The SMILES string of the molecule is N=C(CCSC1CC(=O)NC1=O)NS. The number of amidine groups is 1. The van der Waals surface area contributed by atoms with Crippen molar-refractivity contribution in [3.8, 4) is 0 Å². The van der Waals surface area contributed by atoms with Gasteiger partial charge in [0.25, 0.3) is 0 Å². The molecule has 1 heterocycles. The summed E-state index contributed by atoms with van der Waals surface area (Å²) in [5.74, 6) is 0.517. The Hall–Kier alpha value is -0.690. The number of rotatable bonds is 4. The Morgan fingerprint density at radius 2 is 2.43 bits per heavy atom. The smallest absolute Gasteiger partial charge is 0.240 e. The molecule has 0 aliphatic carbocycles. The van der Waals surface area contributed by atoms with Gasteiger partial charge in [-0.3, -0.25) is 20.3 Å². The molecule has 0 radical (unpaired) electrons. The number of thiol groups is 1. The van der Waals surface area contributed by atoms with Crippen LogP contribution in [0.4, 0.5) is 0 Å². The molecule has 3 N–H and O–H groups in total. The van der Waals surface area contributed by atoms with Crippen LogP contribution in [-0.2, 0) is 9.59 Å². The van der Waals surface area contributed by atoms with Gasteiger partial charge in [-0.15, -0.1) is 11.8 Å². The van der Waals surface area contributed by atoms with Gasteiger partial charge in [0.15, 0.2) is 0 Å². The van der Waals surface area contributed by atoms with Crippen LogP contribution in [0.3, 0.4) is 0 Å². The minimum Gasteiger partial charge on any atom is -0.321 e. The van der Waals surface area contributed by atoms with Gasteiger partial charge in [-0.1, -0.05) is 12.8 Å². The van der Waals surface area contributed by atoms with Crippen molar-refractivity contribution in [2.75, 3.05) is 5.75 Å². The van der Waals surface area contributed by atoms with Crippen molar-refractivity contribution >= 4 is 42.2 Å². The second-order valence-corrected chi connectivity index (χ2v) is 4.35. The molecule has 0 aromatic carbocycles. The van der Waals surface area contributed by atoms with Gasteiger partial charge in [-0.2, -0.15) is 0 Å². The maximum Gasteiger partial charge on any atom is 0.240 e. The third-order valence-corrected chi connectivity index (χ3v) is 3.22. The Morgan fingerprint density at radius 3 is 2.93 bits per heavy atom. The summed E-state index contributed by atoms with van der Waals surface area (Å²) >= 11 is 5.11. The van der Waals surface area contributed by atoms with Gasteiger partial charge in [0.1, 0.15) is 5.84 Å². The predicted molar refractivity (Wildman–Crippen MR) is 58.5 cm³/mol. The van der Waals surface area contributed by atoms with Gasteiger partial charge < -0.3 is 4.72 Å². The van der Waals surface area contributed by atoms with Crippen LogP contribution in [0.25, 0.3) is 0 Å². The number of thioether (sulfide) groups is 1. The largest absolute Gasteiger partial charge is 0.321 e. The number of carbonyl (C=O) groups is 2. The molecule has 1 aliphatic heterocycles. The van der Waals surface area contributed by atoms with Crippen molar-refractivity contribution in [2.24, 2.45) is 0 Å². The summed E-state index contributed by atoms with van der Waals surface area (Å²) in [7, 11) is 0. The maximum absolute atomic E-state index is 11.1. The van der Waals surface area contributed by atoms with E-state index in [2.05, 4.69) is 22.9 Å². The second-order valence-electron chi connectivity index (χ2n) is 2.82. The molecule has 7 heteroatoms. The topological polar surface area (TPSA) is 82.1 Å². The highest BCUT2D eigenvalue weighted by Crippen LogP contribution is 2.19. The summed E-state index contributed by atoms with van der Waals surface area (Å²) in [5.41, 5.74) is 0. The minimum atomic E-state index is -0.282. The van der Waals surface area contributed by atoms with Crippen LogP contribution in [0.2, 0.25) is 0 Å². The Bertz CT molecular complexity index is 270. The van der Waals surface area contributed by atoms with Crippen LogP contribution in [0.15, 0.2) is 0 Å². The van der Waals surface area contributed by atoms with Crippen LogP contribution in [-0.4, -0.2) is 28.7 Å². The first-order valence-electron chi connectivity index (χ1n) is 4.06. The second kappa shape index (κ2) is 5.26. The van der Waals surface area contributed by atoms with E-state index in [4.69, 9.17) is 5.41 Å². The Labute approximate surface area is 91.4 Å². The van der Waals surface area contributed by atoms with Crippen molar-refractivity contribution in [1.29, 1.82) is 5.41 Å². The fourth-order valence-corrected chi connectivity index (χ4v) is 2.22. The lowest BCUT2D eigenvalue weighted by Gasteiger charge is -2.05. The molecule has 1 unspecified atom stereocenters. The first kappa shape index (κ1) is 11.4. The van der Waals surface area contributed by atoms with E-state index in [-0.39, 0.29) is 23.5 Å². The highest BCUT2D eigenvalue weighted by molar-refractivity contribution is 8.00. The molecule has 1 atom stereocenters. The zero-order chi connectivity index (χ0) is 10.6. The van der Waals surface area contributed by atoms with E-state index in [9.17, 15) is 9.59 Å². The van der Waals surface area contributed by atoms with Gasteiger partial charge >= 0.3 is 0 Å². The van der Waals surface area contributed by atoms with Gasteiger partial charge in [-0.05, 0) is 0 Å². The Morgan fingerprint density at radius 1 is 1.71 bits per heavy atom. The van der Waals surface area contributed by atoms with Gasteiger partial charge in [0.05, 0.1) is 5.25 Å². The van der Waals surface area contributed by atoms with Crippen LogP contribution in [0, 0.1) is 5.41 Å². The van der Waals surface area contributed by atoms with Gasteiger partial charge in [0, 0.05) is 18.6 Å². The zero-order valence-corrected chi connectivity index (χ0v) is 9.08. The van der Waals surface area contributed by atoms with Crippen molar-refractivity contribution in [3.05, 3.63) is 0 Å². The maximum atomic E-state index is 11.1. The molecule has 0 spiro atoms. The standard InChI is InChI=1S/C7H11N3O2S2/c8-5(10-13)1-2-14-4-3-6(11)9-7(4)12/h4,13H,1-3H2,(H2,8,10)(H,9,11,12). The number of nitrogens with one attached hydrogen (secondary N) is 3. The lowest BCUT2D eigenvalue weighted by Crippen LogP contribution is -2.23. The molecule has 0 saturated carbocycles. The zero-order valence-electron chi connectivity index (χ0n) is 7.37. The van der Waals surface area contributed by atoms with Crippen LogP contribution in [0.5, 0.6) is 0 Å². The van der Waals surface area contributed by atoms with E-state index in [1.54, 1.807) is 0 Å². The lowest BCUT2D eigenvalue weighted by atomic mass is 10.4. The van der Waals surface area contributed by atoms with E-state index in [0.717, 1.165) is 0 Å². The van der Waals surface area contributed by atoms with Crippen LogP contribution >= 0.6 is 24.6 Å². The molecule has 1 saturated heterocycles. The Kier molecular flexibility index (Phi) is 4.27. The number of carbonyl (C=O) groups excluding carboxylic acids is 2. The molecule has 0 aromatic rings. The fourth-order valence-electron chi connectivity index (χ4n) is 1.02. The number of hydrogen-bond donors (Lipinski definition) is 4. The minimum absolute atomic E-state index is 0.213. The van der Waals surface area contributed by atoms with E-state index in [0.29, 0.717) is 18.0 Å². The van der Waals surface area contributed by atoms with Crippen LogP contribution < -0.4 is 10.0 Å². The number of imide groups is 1. The molecule has 14 heavy (non-hydrogen) atoms. The summed E-state index contributed by atoms with van der Waals surface area (Å²) in [5, 5.41) is 9.19. The van der Waals surface area contributed by atoms with Crippen molar-refractivity contribution in [3.63, 3.8) is 0 Å². The molecule has 1 aliphatic rings. The molecule has 78 valence electrons. The molecule has 1 fully saturated rings. The van der Waals surface area contributed by atoms with E-state index in [1.807, 2.05) is 0 Å². The van der Waals surface area contributed by atoms with E-state index in [1.165, 1.54) is 11.8 Å². The van der Waals surface area contributed by atoms with Crippen molar-refractivity contribution in [1.82, 2.24) is 10.0 Å². The van der Waals surface area contributed by atoms with E-state index < -0.39 is 0 Å². The Balaban J connectivity index is 2.22. The lowest BCUT2D eigenvalue weighted by molar-refractivity contribution is -0.124. The quantitative estimate of drug-likeness (QED) is 0.237. The average molecular weight is 233 g/mol. The van der Waals surface area contributed by atoms with Gasteiger partial charge in [0.2, 0.25) is 11.8 Å². The number of amides is 2. The van der Waals surface area contributed by atoms with Crippen molar-refractivity contribution < 1.29 is 9.59 Å². The molecular formula is C7H11N3O2S2. The van der Waals surface area contributed by atoms with E-state index >= 15 is 0 Å². The normalized spacial score (nSPS) is 20.8. The van der Waals surface area contributed by atoms with Gasteiger partial charge in [-0.25, -0.2) is 0 Å². The highest BCUT2D eigenvalue weighted by Gasteiger charge is 2.30. The summed E-state index contributed by atoms with van der Waals surface area (Å²) < 4.78 is 2.41. The third-order valence-electron chi connectivity index (χ3n) is 1.73. The monoisotopic (exact) mass is 233 g/mol. The van der Waals surface area contributed by atoms with Crippen molar-refractivity contribution in [2.45, 2.75) is 18.1 Å². The third kappa shape index (κ3) is 3.22. The first-order valence-corrected chi connectivity index (χ1v) is 5.56. The summed E-state index contributed by atoms with van der Waals surface area (Å²) in [6, 6.07) is 0. The predicted octanol–water partition coefficient (Wildman–Crippen LogP) is -0.0635. The summed E-state index contributed by atoms with van der Waals surface area (Å²) in [6.45, 7) is 0. The fraction of sp³-hybridized carbons (Fsp3) is 0.571. The number of hydrogen-bond acceptors (Lipinski definition) is 5. The molecule has 2 amide bonds. The average Bonchev–Trinajstić information content (AvgIpc) is 2.45. The molecule has 0 aromatic heterocycles. The van der Waals surface area contributed by atoms with Crippen LogP contribution in [0.1, 0.15) is 12.8 Å². The molecule has 1 rings (SSSR count). The first-order chi connectivity index (χ1) is 6.63. The summed E-state index contributed by atoms with van der Waals surface area (Å²) in [6.07, 6.45) is 0.775.